The Labute approximate surface area is 173 Å². The number of hydrogen-bond acceptors (Lipinski definition) is 7. The molecule has 2 amide bonds. The molecule has 2 N–H and O–H groups in total. The van der Waals surface area contributed by atoms with Crippen LogP contribution in [0.2, 0.25) is 0 Å². The molecular formula is C19H14FN7O2S. The second-order valence-corrected chi connectivity index (χ2v) is 6.99. The Morgan fingerprint density at radius 2 is 1.80 bits per heavy atom. The Kier molecular flexibility index (Phi) is 5.52. The van der Waals surface area contributed by atoms with E-state index in [1.165, 1.54) is 46.6 Å². The average molecular weight is 423 g/mol. The van der Waals surface area contributed by atoms with E-state index in [0.717, 1.165) is 5.69 Å². The number of aromatic nitrogens is 5. The van der Waals surface area contributed by atoms with Crippen molar-refractivity contribution in [2.45, 2.75) is 6.42 Å². The molecule has 0 aliphatic carbocycles. The summed E-state index contributed by atoms with van der Waals surface area (Å²) in [5, 5.41) is 18.4. The molecule has 0 unspecified atom stereocenters. The van der Waals surface area contributed by atoms with E-state index in [1.807, 2.05) is 0 Å². The minimum Gasteiger partial charge on any atom is -0.326 e. The third-order valence-electron chi connectivity index (χ3n) is 3.98. The minimum atomic E-state index is -0.417. The molecular weight excluding hydrogens is 409 g/mol. The van der Waals surface area contributed by atoms with Gasteiger partial charge >= 0.3 is 0 Å². The van der Waals surface area contributed by atoms with E-state index in [-0.39, 0.29) is 12.3 Å². The summed E-state index contributed by atoms with van der Waals surface area (Å²) in [6.07, 6.45) is 1.53. The molecule has 30 heavy (non-hydrogen) atoms. The van der Waals surface area contributed by atoms with Crippen LogP contribution in [0.1, 0.15) is 16.1 Å². The van der Waals surface area contributed by atoms with E-state index in [0.29, 0.717) is 22.1 Å². The summed E-state index contributed by atoms with van der Waals surface area (Å²) in [5.41, 5.74) is 2.23. The van der Waals surface area contributed by atoms with Gasteiger partial charge in [-0.2, -0.15) is 0 Å². The molecule has 0 aliphatic rings. The van der Waals surface area contributed by atoms with E-state index in [2.05, 4.69) is 31.1 Å². The lowest BCUT2D eigenvalue weighted by Crippen LogP contribution is -2.15. The number of hydrogen-bond donors (Lipinski definition) is 2. The highest BCUT2D eigenvalue weighted by Gasteiger charge is 2.12. The summed E-state index contributed by atoms with van der Waals surface area (Å²) < 4.78 is 14.5. The first-order valence-electron chi connectivity index (χ1n) is 8.71. The van der Waals surface area contributed by atoms with Gasteiger partial charge in [0.1, 0.15) is 12.1 Å². The predicted octanol–water partition coefficient (Wildman–Crippen LogP) is 2.69. The first-order valence-corrected chi connectivity index (χ1v) is 9.59. The molecule has 0 saturated heterocycles. The molecule has 2 aromatic heterocycles. The molecule has 0 aliphatic heterocycles. The van der Waals surface area contributed by atoms with E-state index in [4.69, 9.17) is 0 Å². The number of amides is 2. The first kappa shape index (κ1) is 19.3. The van der Waals surface area contributed by atoms with Crippen molar-refractivity contribution >= 4 is 34.0 Å². The van der Waals surface area contributed by atoms with Crippen LogP contribution in [0, 0.1) is 5.82 Å². The van der Waals surface area contributed by atoms with E-state index in [1.54, 1.807) is 29.6 Å². The molecule has 9 nitrogen and oxygen atoms in total. The quantitative estimate of drug-likeness (QED) is 0.493. The molecule has 0 saturated carbocycles. The van der Waals surface area contributed by atoms with Gasteiger partial charge in [0.2, 0.25) is 5.91 Å². The number of halogens is 1. The zero-order valence-corrected chi connectivity index (χ0v) is 16.1. The number of nitrogens with zero attached hydrogens (tertiary/aromatic N) is 5. The van der Waals surface area contributed by atoms with Crippen LogP contribution in [0.5, 0.6) is 0 Å². The summed E-state index contributed by atoms with van der Waals surface area (Å²) >= 11 is 1.21. The SMILES string of the molecule is O=C(Cc1csc(NC(=O)c2ccc(F)cc2)n1)Nc1ccc(-n2cnnn2)cc1. The molecule has 11 heteroatoms. The van der Waals surface area contributed by atoms with Crippen molar-refractivity contribution in [3.63, 3.8) is 0 Å². The van der Waals surface area contributed by atoms with Gasteiger partial charge in [-0.05, 0) is 59.0 Å². The van der Waals surface area contributed by atoms with Gasteiger partial charge in [0.05, 0.1) is 17.8 Å². The van der Waals surface area contributed by atoms with E-state index < -0.39 is 11.7 Å². The maximum atomic E-state index is 13.0. The van der Waals surface area contributed by atoms with Crippen molar-refractivity contribution in [3.8, 4) is 5.69 Å². The monoisotopic (exact) mass is 423 g/mol. The summed E-state index contributed by atoms with van der Waals surface area (Å²) in [6.45, 7) is 0. The van der Waals surface area contributed by atoms with Gasteiger partial charge in [0.25, 0.3) is 5.91 Å². The van der Waals surface area contributed by atoms with Gasteiger partial charge in [0, 0.05) is 16.6 Å². The van der Waals surface area contributed by atoms with Crippen LogP contribution in [0.25, 0.3) is 5.69 Å². The summed E-state index contributed by atoms with van der Waals surface area (Å²) in [5.74, 6) is -1.06. The highest BCUT2D eigenvalue weighted by atomic mass is 32.1. The van der Waals surface area contributed by atoms with Gasteiger partial charge in [-0.25, -0.2) is 14.1 Å². The highest BCUT2D eigenvalue weighted by molar-refractivity contribution is 7.14. The molecule has 4 aromatic rings. The number of carbonyl (C=O) groups excluding carboxylic acids is 2. The zero-order valence-electron chi connectivity index (χ0n) is 15.3. The minimum absolute atomic E-state index is 0.0532. The summed E-state index contributed by atoms with van der Waals surface area (Å²) in [7, 11) is 0. The Morgan fingerprint density at radius 1 is 1.03 bits per heavy atom. The van der Waals surface area contributed by atoms with Crippen molar-refractivity contribution in [1.82, 2.24) is 25.2 Å². The normalized spacial score (nSPS) is 10.6. The largest absolute Gasteiger partial charge is 0.326 e. The van der Waals surface area contributed by atoms with Crippen LogP contribution < -0.4 is 10.6 Å². The molecule has 0 atom stereocenters. The van der Waals surface area contributed by atoms with Crippen LogP contribution in [0.15, 0.2) is 60.2 Å². The fourth-order valence-electron chi connectivity index (χ4n) is 2.56. The second-order valence-electron chi connectivity index (χ2n) is 6.13. The van der Waals surface area contributed by atoms with Crippen molar-refractivity contribution in [3.05, 3.63) is 77.3 Å². The number of carbonyl (C=O) groups is 2. The Hall–Kier alpha value is -3.99. The predicted molar refractivity (Wildman–Crippen MR) is 108 cm³/mol. The first-order chi connectivity index (χ1) is 14.6. The van der Waals surface area contributed by atoms with Crippen LogP contribution >= 0.6 is 11.3 Å². The fourth-order valence-corrected chi connectivity index (χ4v) is 3.27. The number of anilines is 2. The van der Waals surface area contributed by atoms with E-state index >= 15 is 0 Å². The van der Waals surface area contributed by atoms with Crippen molar-refractivity contribution in [2.75, 3.05) is 10.6 Å². The molecule has 0 radical (unpaired) electrons. The Balaban J connectivity index is 1.32. The molecule has 2 heterocycles. The average Bonchev–Trinajstić information content (AvgIpc) is 3.41. The Bertz CT molecular complexity index is 1160. The Morgan fingerprint density at radius 3 is 2.50 bits per heavy atom. The maximum absolute atomic E-state index is 13.0. The summed E-state index contributed by atoms with van der Waals surface area (Å²) in [6, 6.07) is 12.2. The molecule has 0 spiro atoms. The lowest BCUT2D eigenvalue weighted by molar-refractivity contribution is -0.115. The van der Waals surface area contributed by atoms with Crippen LogP contribution in [0.4, 0.5) is 15.2 Å². The van der Waals surface area contributed by atoms with Crippen molar-refractivity contribution in [2.24, 2.45) is 0 Å². The molecule has 0 fully saturated rings. The van der Waals surface area contributed by atoms with Gasteiger partial charge < -0.3 is 5.32 Å². The number of tetrazole rings is 1. The highest BCUT2D eigenvalue weighted by Crippen LogP contribution is 2.18. The van der Waals surface area contributed by atoms with Crippen LogP contribution in [0.3, 0.4) is 0 Å². The van der Waals surface area contributed by atoms with Crippen LogP contribution in [-0.2, 0) is 11.2 Å². The number of rotatable bonds is 6. The third kappa shape index (κ3) is 4.70. The van der Waals surface area contributed by atoms with E-state index in [9.17, 15) is 14.0 Å². The van der Waals surface area contributed by atoms with Gasteiger partial charge in [-0.1, -0.05) is 0 Å². The molecule has 2 aromatic carbocycles. The second kappa shape index (κ2) is 8.57. The molecule has 150 valence electrons. The summed E-state index contributed by atoms with van der Waals surface area (Å²) in [4.78, 5) is 28.7. The number of thiazole rings is 1. The van der Waals surface area contributed by atoms with Gasteiger partial charge in [-0.15, -0.1) is 16.4 Å². The maximum Gasteiger partial charge on any atom is 0.257 e. The van der Waals surface area contributed by atoms with Crippen LogP contribution in [-0.4, -0.2) is 37.0 Å². The number of benzene rings is 2. The molecule has 0 bridgehead atoms. The smallest absolute Gasteiger partial charge is 0.257 e. The molecule has 4 rings (SSSR count). The van der Waals surface area contributed by atoms with Gasteiger partial charge in [0.15, 0.2) is 5.13 Å². The standard InChI is InChI=1S/C19H14FN7O2S/c20-13-3-1-12(2-4-13)18(29)24-19-23-15(10-30-19)9-17(28)22-14-5-7-16(8-6-14)27-11-21-25-26-27/h1-8,10-11H,9H2,(H,22,28)(H,23,24,29). The van der Waals surface area contributed by atoms with Gasteiger partial charge in [-0.3, -0.25) is 14.9 Å². The van der Waals surface area contributed by atoms with Crippen molar-refractivity contribution in [1.29, 1.82) is 0 Å². The fraction of sp³-hybridized carbons (Fsp3) is 0.0526. The third-order valence-corrected chi connectivity index (χ3v) is 4.79. The number of nitrogens with one attached hydrogen (secondary N) is 2. The van der Waals surface area contributed by atoms with Crippen molar-refractivity contribution < 1.29 is 14.0 Å². The zero-order chi connectivity index (χ0) is 20.9. The lowest BCUT2D eigenvalue weighted by Gasteiger charge is -2.05. The topological polar surface area (TPSA) is 115 Å². The lowest BCUT2D eigenvalue weighted by atomic mass is 10.2.